The van der Waals surface area contributed by atoms with E-state index in [1.54, 1.807) is 7.11 Å². The van der Waals surface area contributed by atoms with Crippen molar-refractivity contribution in [2.75, 3.05) is 26.9 Å². The third kappa shape index (κ3) is 6.03. The van der Waals surface area contributed by atoms with E-state index in [4.69, 9.17) is 14.2 Å². The Morgan fingerprint density at radius 2 is 1.93 bits per heavy atom. The lowest BCUT2D eigenvalue weighted by Gasteiger charge is -2.34. The van der Waals surface area contributed by atoms with E-state index in [1.165, 1.54) is 0 Å². The van der Waals surface area contributed by atoms with E-state index in [2.05, 4.69) is 58.3 Å². The lowest BCUT2D eigenvalue weighted by atomic mass is 10.00. The van der Waals surface area contributed by atoms with E-state index < -0.39 is 11.6 Å². The minimum Gasteiger partial charge on any atom is -0.497 e. The van der Waals surface area contributed by atoms with Gasteiger partial charge in [-0.3, -0.25) is 9.69 Å². The fraction of sp³-hybridized carbons (Fsp3) is 0.467. The molecule has 212 valence electrons. The van der Waals surface area contributed by atoms with Gasteiger partial charge in [0.2, 0.25) is 0 Å². The summed E-state index contributed by atoms with van der Waals surface area (Å²) in [5.74, 6) is 2.14. The van der Waals surface area contributed by atoms with E-state index in [1.807, 2.05) is 48.0 Å². The van der Waals surface area contributed by atoms with Gasteiger partial charge >= 0.3 is 0 Å². The Bertz CT molecular complexity index is 1480. The number of pyridine rings is 1. The number of methoxy groups -OCH3 is 1. The van der Waals surface area contributed by atoms with Gasteiger partial charge in [0.05, 0.1) is 25.4 Å². The first-order chi connectivity index (χ1) is 19.3. The molecule has 0 radical (unpaired) electrons. The summed E-state index contributed by atoms with van der Waals surface area (Å²) in [5, 5.41) is 13.8. The highest BCUT2D eigenvalue weighted by molar-refractivity contribution is 5.80. The number of benzene rings is 2. The van der Waals surface area contributed by atoms with Gasteiger partial charge in [-0.2, -0.15) is 0 Å². The molecule has 1 saturated heterocycles. The zero-order chi connectivity index (χ0) is 28.3. The van der Waals surface area contributed by atoms with Gasteiger partial charge in [-0.1, -0.05) is 12.1 Å². The highest BCUT2D eigenvalue weighted by atomic mass is 16.5. The molecule has 5 rings (SSSR count). The number of aromatic nitrogens is 5. The predicted octanol–water partition coefficient (Wildman–Crippen LogP) is 4.45. The first-order valence-electron chi connectivity index (χ1n) is 13.8. The molecule has 4 aromatic rings. The molecule has 2 atom stereocenters. The number of hydrogen-bond donors (Lipinski definition) is 1. The molecule has 2 aromatic heterocycles. The molecule has 0 saturated carbocycles. The third-order valence-electron chi connectivity index (χ3n) is 7.20. The van der Waals surface area contributed by atoms with Crippen molar-refractivity contribution in [1.29, 1.82) is 0 Å². The van der Waals surface area contributed by atoms with Crippen molar-refractivity contribution in [2.24, 2.45) is 0 Å². The number of ether oxygens (including phenoxy) is 3. The van der Waals surface area contributed by atoms with Gasteiger partial charge in [0.15, 0.2) is 5.82 Å². The number of hydrogen-bond acceptors (Lipinski definition) is 8. The monoisotopic (exact) mass is 546 g/mol. The summed E-state index contributed by atoms with van der Waals surface area (Å²) >= 11 is 0. The number of rotatable bonds is 10. The number of H-pyrrole nitrogens is 1. The van der Waals surface area contributed by atoms with Gasteiger partial charge < -0.3 is 19.2 Å². The first kappa shape index (κ1) is 27.8. The van der Waals surface area contributed by atoms with Crippen molar-refractivity contribution in [2.45, 2.75) is 64.8 Å². The van der Waals surface area contributed by atoms with Crippen molar-refractivity contribution in [1.82, 2.24) is 30.1 Å². The van der Waals surface area contributed by atoms with Crippen molar-refractivity contribution in [3.63, 3.8) is 0 Å². The van der Waals surface area contributed by atoms with Crippen molar-refractivity contribution >= 4 is 10.9 Å². The maximum Gasteiger partial charge on any atom is 0.253 e. The molecule has 0 amide bonds. The van der Waals surface area contributed by atoms with E-state index >= 15 is 0 Å². The summed E-state index contributed by atoms with van der Waals surface area (Å²) in [6.07, 6.45) is 2.02. The third-order valence-corrected chi connectivity index (χ3v) is 7.20. The zero-order valence-electron chi connectivity index (χ0n) is 23.9. The molecule has 1 N–H and O–H groups in total. The van der Waals surface area contributed by atoms with Gasteiger partial charge in [-0.25, -0.2) is 4.68 Å². The molecule has 1 aliphatic heterocycles. The fourth-order valence-corrected chi connectivity index (χ4v) is 5.28. The van der Waals surface area contributed by atoms with Crippen LogP contribution >= 0.6 is 0 Å². The molecule has 0 aliphatic carbocycles. The molecule has 40 heavy (non-hydrogen) atoms. The fourth-order valence-electron chi connectivity index (χ4n) is 5.28. The van der Waals surface area contributed by atoms with E-state index in [0.717, 1.165) is 41.7 Å². The van der Waals surface area contributed by atoms with E-state index in [-0.39, 0.29) is 11.7 Å². The van der Waals surface area contributed by atoms with E-state index in [0.29, 0.717) is 36.8 Å². The largest absolute Gasteiger partial charge is 0.497 e. The maximum absolute atomic E-state index is 13.8. The highest BCUT2D eigenvalue weighted by Gasteiger charge is 2.35. The van der Waals surface area contributed by atoms with Crippen molar-refractivity contribution in [3.05, 3.63) is 75.8 Å². The first-order valence-corrected chi connectivity index (χ1v) is 13.8. The van der Waals surface area contributed by atoms with Crippen LogP contribution in [0, 0.1) is 0 Å². The normalized spacial score (nSPS) is 16.5. The van der Waals surface area contributed by atoms with Crippen LogP contribution in [0.3, 0.4) is 0 Å². The maximum atomic E-state index is 13.8. The zero-order valence-corrected chi connectivity index (χ0v) is 23.9. The van der Waals surface area contributed by atoms with E-state index in [9.17, 15) is 4.79 Å². The van der Waals surface area contributed by atoms with Crippen molar-refractivity contribution in [3.8, 4) is 11.5 Å². The van der Waals surface area contributed by atoms with Crippen LogP contribution in [0.4, 0.5) is 0 Å². The van der Waals surface area contributed by atoms with Gasteiger partial charge in [0.1, 0.15) is 17.5 Å². The predicted molar refractivity (Wildman–Crippen MR) is 153 cm³/mol. The van der Waals surface area contributed by atoms with Crippen LogP contribution in [-0.4, -0.2) is 63.1 Å². The summed E-state index contributed by atoms with van der Waals surface area (Å²) in [7, 11) is 1.63. The number of nitrogens with one attached hydrogen (secondary N) is 1. The molecular weight excluding hydrogens is 508 g/mol. The van der Waals surface area contributed by atoms with Crippen LogP contribution in [0.15, 0.2) is 53.3 Å². The Labute approximate surface area is 234 Å². The highest BCUT2D eigenvalue weighted by Crippen LogP contribution is 2.32. The molecule has 3 heterocycles. The lowest BCUT2D eigenvalue weighted by Crippen LogP contribution is -2.40. The van der Waals surface area contributed by atoms with Crippen LogP contribution in [0.2, 0.25) is 0 Å². The van der Waals surface area contributed by atoms with Crippen molar-refractivity contribution < 1.29 is 14.2 Å². The van der Waals surface area contributed by atoms with Gasteiger partial charge in [-0.05, 0) is 92.9 Å². The second-order valence-electron chi connectivity index (χ2n) is 11.2. The molecule has 0 bridgehead atoms. The summed E-state index contributed by atoms with van der Waals surface area (Å²) in [4.78, 5) is 19.1. The molecule has 1 fully saturated rings. The van der Waals surface area contributed by atoms with Crippen LogP contribution < -0.4 is 15.0 Å². The number of tetrazole rings is 1. The Hall–Kier alpha value is -3.76. The molecule has 2 aromatic carbocycles. The van der Waals surface area contributed by atoms with Gasteiger partial charge in [0, 0.05) is 36.2 Å². The van der Waals surface area contributed by atoms with Crippen LogP contribution in [0.5, 0.6) is 11.5 Å². The average molecular weight is 547 g/mol. The summed E-state index contributed by atoms with van der Waals surface area (Å²) in [5.41, 5.74) is 1.79. The minimum absolute atomic E-state index is 0.0452. The molecule has 0 unspecified atom stereocenters. The van der Waals surface area contributed by atoms with Gasteiger partial charge in [-0.15, -0.1) is 5.10 Å². The molecule has 0 spiro atoms. The summed E-state index contributed by atoms with van der Waals surface area (Å²) in [6, 6.07) is 15.1. The molecule has 1 aliphatic rings. The van der Waals surface area contributed by atoms with Crippen LogP contribution in [0.25, 0.3) is 10.9 Å². The summed E-state index contributed by atoms with van der Waals surface area (Å²) < 4.78 is 19.0. The topological polar surface area (TPSA) is 107 Å². The quantitative estimate of drug-likeness (QED) is 0.311. The second-order valence-corrected chi connectivity index (χ2v) is 11.2. The Balaban J connectivity index is 1.66. The Kier molecular flexibility index (Phi) is 8.18. The second kappa shape index (κ2) is 11.8. The smallest absolute Gasteiger partial charge is 0.253 e. The number of fused-ring (bicyclic) bond motifs is 1. The Morgan fingerprint density at radius 1 is 1.15 bits per heavy atom. The number of aromatic amines is 1. The standard InChI is InChI=1S/C30H38N6O4/c1-6-39-22-11-9-20(10-12-22)18-35(19-24-8-7-15-40-24)27(28-32-33-34-36(28)30(2,3)4)25-17-21-16-23(38-5)13-14-26(21)31-29(25)37/h9-14,16-17,24,27H,6-8,15,18-19H2,1-5H3,(H,31,37)/t24-,27-/m1/s1. The SMILES string of the molecule is CCOc1ccc(CN(C[C@H]2CCCO2)[C@H](c2cc3cc(OC)ccc3[nH]c2=O)c2nnnn2C(C)(C)C)cc1. The Morgan fingerprint density at radius 3 is 2.60 bits per heavy atom. The summed E-state index contributed by atoms with van der Waals surface area (Å²) in [6.45, 7) is 10.6. The lowest BCUT2D eigenvalue weighted by molar-refractivity contribution is 0.0564. The number of nitrogens with zero attached hydrogens (tertiary/aromatic N) is 5. The molecule has 10 nitrogen and oxygen atoms in total. The van der Waals surface area contributed by atoms with Crippen LogP contribution in [0.1, 0.15) is 63.5 Å². The molecule has 10 heteroatoms. The minimum atomic E-state index is -0.538. The van der Waals surface area contributed by atoms with Gasteiger partial charge in [0.25, 0.3) is 5.56 Å². The average Bonchev–Trinajstić information content (AvgIpc) is 3.63. The van der Waals surface area contributed by atoms with Crippen LogP contribution in [-0.2, 0) is 16.8 Å². The molecular formula is C30H38N6O4.